The molecule has 1 aliphatic carbocycles. The van der Waals surface area contributed by atoms with Crippen molar-refractivity contribution >= 4 is 22.4 Å². The maximum atomic E-state index is 10.4. The van der Waals surface area contributed by atoms with Gasteiger partial charge in [-0.15, -0.1) is 11.3 Å². The maximum Gasteiger partial charge on any atom is 1.00 e. The Bertz CT molecular complexity index is 297. The van der Waals surface area contributed by atoms with Crippen LogP contribution in [-0.2, 0) is 11.1 Å². The van der Waals surface area contributed by atoms with E-state index in [1.807, 2.05) is 0 Å². The molecule has 1 saturated carbocycles. The Morgan fingerprint density at radius 1 is 1.67 bits per heavy atom. The molecule has 0 saturated heterocycles. The van der Waals surface area contributed by atoms with Crippen LogP contribution in [0, 0.1) is 0 Å². The SMILES string of the molecule is O=S([O-])c1cnc(C2CC2)s1.[Na+]. The van der Waals surface area contributed by atoms with Crippen molar-refractivity contribution in [2.24, 2.45) is 0 Å². The van der Waals surface area contributed by atoms with E-state index < -0.39 is 11.1 Å². The van der Waals surface area contributed by atoms with E-state index in [4.69, 9.17) is 0 Å². The zero-order valence-corrected chi connectivity index (χ0v) is 10.3. The Labute approximate surface area is 99.2 Å². The van der Waals surface area contributed by atoms with Crippen LogP contribution in [0.3, 0.4) is 0 Å². The van der Waals surface area contributed by atoms with Crippen molar-refractivity contribution in [2.75, 3.05) is 0 Å². The molecule has 2 rings (SSSR count). The van der Waals surface area contributed by atoms with Gasteiger partial charge >= 0.3 is 29.6 Å². The van der Waals surface area contributed by atoms with E-state index in [2.05, 4.69) is 4.98 Å². The zero-order valence-electron chi connectivity index (χ0n) is 6.65. The molecule has 0 aliphatic heterocycles. The van der Waals surface area contributed by atoms with E-state index in [9.17, 15) is 8.76 Å². The fourth-order valence-corrected chi connectivity index (χ4v) is 2.35. The second-order valence-electron chi connectivity index (χ2n) is 2.53. The Kier molecular flexibility index (Phi) is 3.88. The van der Waals surface area contributed by atoms with Crippen LogP contribution in [0.5, 0.6) is 0 Å². The molecule has 0 aromatic carbocycles. The molecule has 0 spiro atoms. The van der Waals surface area contributed by atoms with Gasteiger partial charge in [0.05, 0.1) is 15.4 Å². The molecule has 6 heteroatoms. The molecule has 1 heterocycles. The van der Waals surface area contributed by atoms with Crippen LogP contribution in [0.1, 0.15) is 23.8 Å². The monoisotopic (exact) mass is 211 g/mol. The average molecular weight is 211 g/mol. The normalized spacial score (nSPS) is 18.4. The minimum absolute atomic E-state index is 0. The van der Waals surface area contributed by atoms with Gasteiger partial charge < -0.3 is 4.55 Å². The molecule has 0 bridgehead atoms. The van der Waals surface area contributed by atoms with Gasteiger partial charge in [0.1, 0.15) is 0 Å². The van der Waals surface area contributed by atoms with Crippen LogP contribution in [0.2, 0.25) is 0 Å². The molecule has 1 unspecified atom stereocenters. The average Bonchev–Trinajstić information content (AvgIpc) is 2.68. The maximum absolute atomic E-state index is 10.4. The standard InChI is InChI=1S/C6H7NO2S2.Na/c8-11(9)5-3-7-6(10-5)4-1-2-4;/h3-4H,1-2H2,(H,8,9);/q;+1/p-1. The van der Waals surface area contributed by atoms with Gasteiger partial charge in [-0.3, -0.25) is 4.21 Å². The molecule has 0 N–H and O–H groups in total. The summed E-state index contributed by atoms with van der Waals surface area (Å²) in [5.41, 5.74) is 0. The fourth-order valence-electron chi connectivity index (χ4n) is 0.868. The van der Waals surface area contributed by atoms with Crippen LogP contribution in [0.15, 0.2) is 10.4 Å². The minimum Gasteiger partial charge on any atom is -0.768 e. The van der Waals surface area contributed by atoms with Crippen LogP contribution in [-0.4, -0.2) is 13.7 Å². The van der Waals surface area contributed by atoms with Crippen LogP contribution in [0.4, 0.5) is 0 Å². The number of nitrogens with zero attached hydrogens (tertiary/aromatic N) is 1. The smallest absolute Gasteiger partial charge is 0.768 e. The first kappa shape index (κ1) is 10.8. The molecule has 60 valence electrons. The summed E-state index contributed by atoms with van der Waals surface area (Å²) in [6.45, 7) is 0. The van der Waals surface area contributed by atoms with Crippen LogP contribution >= 0.6 is 11.3 Å². The third kappa shape index (κ3) is 2.37. The number of hydrogen-bond acceptors (Lipinski definition) is 4. The molecule has 1 aliphatic rings. The predicted octanol–water partition coefficient (Wildman–Crippen LogP) is -1.74. The van der Waals surface area contributed by atoms with E-state index >= 15 is 0 Å². The van der Waals surface area contributed by atoms with E-state index in [-0.39, 0.29) is 29.6 Å². The molecule has 1 atom stereocenters. The number of aromatic nitrogens is 1. The third-order valence-corrected chi connectivity index (χ3v) is 3.64. The molecule has 3 nitrogen and oxygen atoms in total. The topological polar surface area (TPSA) is 53.0 Å². The number of hydrogen-bond donors (Lipinski definition) is 0. The first-order chi connectivity index (χ1) is 5.27. The van der Waals surface area contributed by atoms with Crippen molar-refractivity contribution in [2.45, 2.75) is 23.0 Å². The van der Waals surface area contributed by atoms with Gasteiger partial charge in [0.2, 0.25) is 0 Å². The molecule has 0 radical (unpaired) electrons. The summed E-state index contributed by atoms with van der Waals surface area (Å²) in [5, 5.41) is 0.976. The zero-order chi connectivity index (χ0) is 7.84. The quantitative estimate of drug-likeness (QED) is 0.431. The Hall–Kier alpha value is 0.740. The largest absolute Gasteiger partial charge is 1.00 e. The van der Waals surface area contributed by atoms with Crippen LogP contribution < -0.4 is 29.6 Å². The summed E-state index contributed by atoms with van der Waals surface area (Å²) in [4.78, 5) is 4.02. The Morgan fingerprint density at radius 2 is 2.33 bits per heavy atom. The Morgan fingerprint density at radius 3 is 2.75 bits per heavy atom. The predicted molar refractivity (Wildman–Crippen MR) is 41.3 cm³/mol. The summed E-state index contributed by atoms with van der Waals surface area (Å²) in [6, 6.07) is 0. The fraction of sp³-hybridized carbons (Fsp3) is 0.500. The van der Waals surface area contributed by atoms with Gasteiger partial charge in [0.15, 0.2) is 0 Å². The van der Waals surface area contributed by atoms with Gasteiger partial charge in [-0.05, 0) is 23.9 Å². The van der Waals surface area contributed by atoms with Gasteiger partial charge in [0.25, 0.3) is 0 Å². The summed E-state index contributed by atoms with van der Waals surface area (Å²) in [6.07, 6.45) is 3.76. The van der Waals surface area contributed by atoms with Crippen molar-refractivity contribution in [1.82, 2.24) is 4.98 Å². The minimum atomic E-state index is -2.09. The van der Waals surface area contributed by atoms with Gasteiger partial charge in [-0.25, -0.2) is 4.98 Å². The summed E-state index contributed by atoms with van der Waals surface area (Å²) in [5.74, 6) is 0.553. The molecular formula is C6H6NNaO2S2. The molecule has 1 aromatic heterocycles. The Balaban J connectivity index is 0.000000720. The van der Waals surface area contributed by atoms with E-state index in [1.165, 1.54) is 30.4 Å². The number of rotatable bonds is 2. The summed E-state index contributed by atoms with van der Waals surface area (Å²) < 4.78 is 21.2. The van der Waals surface area contributed by atoms with Crippen molar-refractivity contribution in [3.05, 3.63) is 11.2 Å². The first-order valence-corrected chi connectivity index (χ1v) is 5.21. The first-order valence-electron chi connectivity index (χ1n) is 3.32. The van der Waals surface area contributed by atoms with Crippen LogP contribution in [0.25, 0.3) is 0 Å². The van der Waals surface area contributed by atoms with Crippen molar-refractivity contribution in [3.63, 3.8) is 0 Å². The second-order valence-corrected chi connectivity index (χ2v) is 4.76. The van der Waals surface area contributed by atoms with Crippen molar-refractivity contribution < 1.29 is 38.3 Å². The summed E-state index contributed by atoms with van der Waals surface area (Å²) in [7, 11) is 0. The van der Waals surface area contributed by atoms with Crippen molar-refractivity contribution in [1.29, 1.82) is 0 Å². The van der Waals surface area contributed by atoms with E-state index in [0.29, 0.717) is 10.1 Å². The van der Waals surface area contributed by atoms with Gasteiger partial charge in [0, 0.05) is 5.92 Å². The van der Waals surface area contributed by atoms with E-state index in [1.54, 1.807) is 0 Å². The van der Waals surface area contributed by atoms with Gasteiger partial charge in [-0.1, -0.05) is 0 Å². The molecule has 12 heavy (non-hydrogen) atoms. The third-order valence-electron chi connectivity index (χ3n) is 1.59. The number of thiazole rings is 1. The molecular weight excluding hydrogens is 205 g/mol. The molecule has 0 amide bonds. The molecule has 1 fully saturated rings. The molecule has 1 aromatic rings. The van der Waals surface area contributed by atoms with E-state index in [0.717, 1.165) is 5.01 Å². The van der Waals surface area contributed by atoms with Gasteiger partial charge in [-0.2, -0.15) is 0 Å². The van der Waals surface area contributed by atoms with Crippen molar-refractivity contribution in [3.8, 4) is 0 Å². The second kappa shape index (κ2) is 4.30. The summed E-state index contributed by atoms with van der Waals surface area (Å²) >= 11 is -0.803.